The zero-order valence-electron chi connectivity index (χ0n) is 25.5. The standard InChI is InChI=1S/C38H42N2O/c1-9-21-38(8,39-22-24(5)23(3)4)37(6,7)36-30-20-19-29-28-18-17-26-16-15-25-13-11-12-14-27(25)32(26)34(28)41-35(29)33(30)31(10-2)40-36/h9-20,22-24,36,40H,1,21H2,2-8H3/b31-10-,39-22+. The van der Waals surface area contributed by atoms with Gasteiger partial charge in [-0.05, 0) is 59.9 Å². The van der Waals surface area contributed by atoms with Gasteiger partial charge in [0.15, 0.2) is 0 Å². The van der Waals surface area contributed by atoms with E-state index in [1.165, 1.54) is 32.7 Å². The Morgan fingerprint density at radius 2 is 1.59 bits per heavy atom. The molecule has 0 amide bonds. The van der Waals surface area contributed by atoms with E-state index in [4.69, 9.17) is 9.41 Å². The van der Waals surface area contributed by atoms with Gasteiger partial charge in [-0.25, -0.2) is 0 Å². The highest BCUT2D eigenvalue weighted by atomic mass is 16.3. The first-order valence-corrected chi connectivity index (χ1v) is 15.0. The molecule has 3 heteroatoms. The van der Waals surface area contributed by atoms with Gasteiger partial charge in [-0.2, -0.15) is 0 Å². The molecule has 0 aliphatic carbocycles. The van der Waals surface area contributed by atoms with Crippen LogP contribution in [0.3, 0.4) is 0 Å². The van der Waals surface area contributed by atoms with E-state index in [1.807, 2.05) is 6.08 Å². The van der Waals surface area contributed by atoms with Crippen LogP contribution in [0.1, 0.15) is 72.1 Å². The summed E-state index contributed by atoms with van der Waals surface area (Å²) < 4.78 is 6.92. The maximum absolute atomic E-state index is 6.92. The Kier molecular flexibility index (Phi) is 6.60. The minimum Gasteiger partial charge on any atom is -0.455 e. The van der Waals surface area contributed by atoms with E-state index in [1.54, 1.807) is 0 Å². The summed E-state index contributed by atoms with van der Waals surface area (Å²) in [4.78, 5) is 5.29. The molecule has 0 bridgehead atoms. The molecule has 5 aromatic rings. The molecule has 0 spiro atoms. The molecule has 3 atom stereocenters. The Morgan fingerprint density at radius 3 is 2.32 bits per heavy atom. The number of fused-ring (bicyclic) bond motifs is 9. The number of hydrogen-bond acceptors (Lipinski definition) is 3. The van der Waals surface area contributed by atoms with Crippen molar-refractivity contribution < 1.29 is 4.42 Å². The summed E-state index contributed by atoms with van der Waals surface area (Å²) in [5.74, 6) is 0.954. The van der Waals surface area contributed by atoms with Gasteiger partial charge in [0.1, 0.15) is 11.2 Å². The molecule has 1 aliphatic heterocycles. The fourth-order valence-electron chi connectivity index (χ4n) is 6.55. The quantitative estimate of drug-likeness (QED) is 0.126. The van der Waals surface area contributed by atoms with Crippen molar-refractivity contribution in [3.63, 3.8) is 0 Å². The van der Waals surface area contributed by atoms with Gasteiger partial charge >= 0.3 is 0 Å². The van der Waals surface area contributed by atoms with Gasteiger partial charge in [-0.15, -0.1) is 6.58 Å². The molecule has 1 aliphatic rings. The number of benzene rings is 4. The Morgan fingerprint density at radius 1 is 0.902 bits per heavy atom. The molecule has 1 aromatic heterocycles. The molecule has 3 nitrogen and oxygen atoms in total. The Bertz CT molecular complexity index is 1870. The van der Waals surface area contributed by atoms with Crippen LogP contribution in [0.15, 0.2) is 88.8 Å². The topological polar surface area (TPSA) is 37.5 Å². The second-order valence-electron chi connectivity index (χ2n) is 13.0. The van der Waals surface area contributed by atoms with E-state index in [-0.39, 0.29) is 17.0 Å². The lowest BCUT2D eigenvalue weighted by Crippen LogP contribution is -2.47. The van der Waals surface area contributed by atoms with Gasteiger partial charge in [0, 0.05) is 39.0 Å². The molecule has 0 fully saturated rings. The molecule has 0 saturated heterocycles. The second kappa shape index (κ2) is 9.91. The molecule has 6 rings (SSSR count). The first-order chi connectivity index (χ1) is 19.6. The zero-order chi connectivity index (χ0) is 29.1. The highest BCUT2D eigenvalue weighted by Gasteiger charge is 2.49. The summed E-state index contributed by atoms with van der Waals surface area (Å²) >= 11 is 0. The van der Waals surface area contributed by atoms with Crippen LogP contribution in [0.4, 0.5) is 0 Å². The third kappa shape index (κ3) is 4.12. The van der Waals surface area contributed by atoms with E-state index in [0.29, 0.717) is 11.8 Å². The average molecular weight is 543 g/mol. The first kappa shape index (κ1) is 27.3. The lowest BCUT2D eigenvalue weighted by Gasteiger charge is -2.45. The van der Waals surface area contributed by atoms with Crippen molar-refractivity contribution in [2.24, 2.45) is 22.2 Å². The number of hydrogen-bond donors (Lipinski definition) is 1. The third-order valence-corrected chi connectivity index (χ3v) is 10.0. The van der Waals surface area contributed by atoms with Gasteiger partial charge in [0.05, 0.1) is 11.6 Å². The largest absolute Gasteiger partial charge is 0.455 e. The molecule has 210 valence electrons. The molecule has 0 radical (unpaired) electrons. The lowest BCUT2D eigenvalue weighted by molar-refractivity contribution is 0.136. The maximum atomic E-state index is 6.92. The van der Waals surface area contributed by atoms with Crippen molar-refractivity contribution in [2.75, 3.05) is 0 Å². The summed E-state index contributed by atoms with van der Waals surface area (Å²) in [5, 5.41) is 11.1. The first-order valence-electron chi connectivity index (χ1n) is 15.0. The van der Waals surface area contributed by atoms with Gasteiger partial charge in [0.2, 0.25) is 0 Å². The van der Waals surface area contributed by atoms with Crippen molar-refractivity contribution in [1.29, 1.82) is 0 Å². The van der Waals surface area contributed by atoms with Gasteiger partial charge < -0.3 is 9.73 Å². The van der Waals surface area contributed by atoms with Crippen LogP contribution in [-0.4, -0.2) is 11.8 Å². The number of nitrogens with zero attached hydrogens (tertiary/aromatic N) is 1. The molecule has 3 unspecified atom stereocenters. The molecular weight excluding hydrogens is 500 g/mol. The Labute approximate surface area is 244 Å². The normalized spacial score (nSPS) is 19.0. The fourth-order valence-corrected chi connectivity index (χ4v) is 6.55. The van der Waals surface area contributed by atoms with Crippen molar-refractivity contribution in [2.45, 2.75) is 66.5 Å². The summed E-state index contributed by atoms with van der Waals surface area (Å²) in [7, 11) is 0. The number of furan rings is 1. The number of allylic oxidation sites excluding steroid dienone is 1. The predicted octanol–water partition coefficient (Wildman–Crippen LogP) is 10.6. The van der Waals surface area contributed by atoms with Gasteiger partial charge in [0.25, 0.3) is 0 Å². The highest BCUT2D eigenvalue weighted by Crippen LogP contribution is 2.53. The van der Waals surface area contributed by atoms with Crippen LogP contribution < -0.4 is 5.32 Å². The van der Waals surface area contributed by atoms with Crippen molar-refractivity contribution in [3.8, 4) is 0 Å². The van der Waals surface area contributed by atoms with Crippen LogP contribution in [0.5, 0.6) is 0 Å². The predicted molar refractivity (Wildman–Crippen MR) is 178 cm³/mol. The van der Waals surface area contributed by atoms with Gasteiger partial charge in [-0.3, -0.25) is 4.99 Å². The second-order valence-corrected chi connectivity index (χ2v) is 13.0. The van der Waals surface area contributed by atoms with Crippen molar-refractivity contribution in [1.82, 2.24) is 5.32 Å². The van der Waals surface area contributed by atoms with Crippen LogP contribution >= 0.6 is 0 Å². The maximum Gasteiger partial charge on any atom is 0.145 e. The third-order valence-electron chi connectivity index (χ3n) is 10.0. The van der Waals surface area contributed by atoms with E-state index >= 15 is 0 Å². The zero-order valence-corrected chi connectivity index (χ0v) is 25.5. The summed E-state index contributed by atoms with van der Waals surface area (Å²) in [6, 6.07) is 22.1. The van der Waals surface area contributed by atoms with Gasteiger partial charge in [-0.1, -0.05) is 101 Å². The molecular formula is C38H42N2O. The van der Waals surface area contributed by atoms with Crippen LogP contribution in [0.2, 0.25) is 0 Å². The van der Waals surface area contributed by atoms with E-state index in [9.17, 15) is 0 Å². The highest BCUT2D eigenvalue weighted by molar-refractivity contribution is 6.23. The number of rotatable bonds is 7. The Hall–Kier alpha value is -3.85. The smallest absolute Gasteiger partial charge is 0.145 e. The van der Waals surface area contributed by atoms with E-state index in [2.05, 4.69) is 133 Å². The van der Waals surface area contributed by atoms with Crippen LogP contribution in [-0.2, 0) is 0 Å². The lowest BCUT2D eigenvalue weighted by atomic mass is 9.65. The molecule has 4 aromatic carbocycles. The van der Waals surface area contributed by atoms with E-state index in [0.717, 1.165) is 34.1 Å². The minimum atomic E-state index is -0.339. The summed E-state index contributed by atoms with van der Waals surface area (Å²) in [6.45, 7) is 20.0. The Balaban J connectivity index is 1.56. The van der Waals surface area contributed by atoms with Crippen LogP contribution in [0.25, 0.3) is 49.2 Å². The number of aliphatic imine (C=N–C) groups is 1. The van der Waals surface area contributed by atoms with Crippen molar-refractivity contribution >= 4 is 55.4 Å². The van der Waals surface area contributed by atoms with Crippen molar-refractivity contribution in [3.05, 3.63) is 90.5 Å². The molecule has 1 N–H and O–H groups in total. The summed E-state index contributed by atoms with van der Waals surface area (Å²) in [5.41, 5.74) is 4.92. The average Bonchev–Trinajstić information content (AvgIpc) is 3.54. The van der Waals surface area contributed by atoms with E-state index < -0.39 is 0 Å². The fraction of sp³-hybridized carbons (Fsp3) is 0.342. The molecule has 2 heterocycles. The number of nitrogens with one attached hydrogen (secondary N) is 1. The van der Waals surface area contributed by atoms with Crippen LogP contribution in [0, 0.1) is 17.3 Å². The summed E-state index contributed by atoms with van der Waals surface area (Å²) in [6.07, 6.45) is 7.17. The molecule has 0 saturated carbocycles. The SMILES string of the molecule is C=CCC(C)(/N=C/C(C)C(C)C)C(C)(C)C1N/C(=C\C)c2c1ccc1c2oc2c1ccc1ccc3ccccc3c12. The monoisotopic (exact) mass is 542 g/mol. The minimum absolute atomic E-state index is 0.0651. The molecule has 41 heavy (non-hydrogen) atoms.